The molecule has 0 fully saturated rings. The van der Waals surface area contributed by atoms with Crippen LogP contribution in [0.2, 0.25) is 0 Å². The highest BCUT2D eigenvalue weighted by molar-refractivity contribution is 9.10. The van der Waals surface area contributed by atoms with Crippen LogP contribution in [0.25, 0.3) is 0 Å². The maximum absolute atomic E-state index is 11.8. The number of halogens is 1. The third-order valence-corrected chi connectivity index (χ3v) is 3.05. The van der Waals surface area contributed by atoms with Crippen LogP contribution in [0.5, 0.6) is 5.75 Å². The summed E-state index contributed by atoms with van der Waals surface area (Å²) in [4.78, 5) is 11.8. The highest BCUT2D eigenvalue weighted by Gasteiger charge is 2.03. The van der Waals surface area contributed by atoms with Gasteiger partial charge in [-0.2, -0.15) is 5.10 Å². The Kier molecular flexibility index (Phi) is 4.90. The third-order valence-electron chi connectivity index (χ3n) is 2.56. The topological polar surface area (TPSA) is 50.7 Å². The number of nitrogens with zero attached hydrogens (tertiary/aromatic N) is 1. The number of carbonyl (C=O) groups is 1. The summed E-state index contributed by atoms with van der Waals surface area (Å²) in [6.07, 6.45) is 1.57. The van der Waals surface area contributed by atoms with E-state index in [1.54, 1.807) is 31.5 Å². The van der Waals surface area contributed by atoms with Crippen LogP contribution < -0.4 is 10.2 Å². The predicted octanol–water partition coefficient (Wildman–Crippen LogP) is 3.22. The Morgan fingerprint density at radius 3 is 2.80 bits per heavy atom. The van der Waals surface area contributed by atoms with E-state index < -0.39 is 0 Å². The SMILES string of the molecule is COc1cccc(/C=N\NC(=O)c2cccc(Br)c2)c1. The lowest BCUT2D eigenvalue weighted by molar-refractivity contribution is 0.0955. The number of hydrogen-bond acceptors (Lipinski definition) is 3. The summed E-state index contributed by atoms with van der Waals surface area (Å²) < 4.78 is 5.96. The minimum atomic E-state index is -0.259. The Morgan fingerprint density at radius 1 is 1.25 bits per heavy atom. The van der Waals surface area contributed by atoms with Gasteiger partial charge < -0.3 is 4.74 Å². The molecule has 0 saturated heterocycles. The van der Waals surface area contributed by atoms with Gasteiger partial charge in [-0.05, 0) is 35.9 Å². The highest BCUT2D eigenvalue weighted by atomic mass is 79.9. The molecule has 102 valence electrons. The molecule has 0 heterocycles. The molecule has 0 saturated carbocycles. The first-order valence-corrected chi connectivity index (χ1v) is 6.71. The molecule has 0 atom stereocenters. The molecule has 0 aliphatic heterocycles. The largest absolute Gasteiger partial charge is 0.497 e. The normalized spacial score (nSPS) is 10.5. The average molecular weight is 333 g/mol. The summed E-state index contributed by atoms with van der Waals surface area (Å²) in [6, 6.07) is 14.5. The van der Waals surface area contributed by atoms with Crippen molar-refractivity contribution in [3.63, 3.8) is 0 Å². The Hall–Kier alpha value is -2.14. The number of nitrogens with one attached hydrogen (secondary N) is 1. The molecular formula is C15H13BrN2O2. The standard InChI is InChI=1S/C15H13BrN2O2/c1-20-14-7-2-4-11(8-14)10-17-18-15(19)12-5-3-6-13(16)9-12/h2-10H,1H3,(H,18,19)/b17-10-. The Balaban J connectivity index is 2.00. The van der Waals surface area contributed by atoms with Crippen LogP contribution in [0, 0.1) is 0 Å². The molecule has 2 rings (SSSR count). The van der Waals surface area contributed by atoms with E-state index >= 15 is 0 Å². The molecule has 4 nitrogen and oxygen atoms in total. The van der Waals surface area contributed by atoms with Gasteiger partial charge in [0, 0.05) is 10.0 Å². The molecule has 2 aromatic rings. The number of hydrogen-bond donors (Lipinski definition) is 1. The van der Waals surface area contributed by atoms with Gasteiger partial charge in [0.15, 0.2) is 0 Å². The van der Waals surface area contributed by atoms with E-state index in [0.717, 1.165) is 15.8 Å². The van der Waals surface area contributed by atoms with Crippen molar-refractivity contribution in [2.24, 2.45) is 5.10 Å². The van der Waals surface area contributed by atoms with E-state index in [1.807, 2.05) is 30.3 Å². The lowest BCUT2D eigenvalue weighted by Gasteiger charge is -2.01. The number of rotatable bonds is 4. The van der Waals surface area contributed by atoms with Gasteiger partial charge in [0.1, 0.15) is 5.75 Å². The van der Waals surface area contributed by atoms with Gasteiger partial charge in [-0.3, -0.25) is 4.79 Å². The van der Waals surface area contributed by atoms with Crippen LogP contribution in [-0.2, 0) is 0 Å². The van der Waals surface area contributed by atoms with Gasteiger partial charge in [-0.15, -0.1) is 0 Å². The van der Waals surface area contributed by atoms with Crippen molar-refractivity contribution in [1.82, 2.24) is 5.43 Å². The van der Waals surface area contributed by atoms with Crippen molar-refractivity contribution in [3.8, 4) is 5.75 Å². The fourth-order valence-corrected chi connectivity index (χ4v) is 1.98. The Bertz CT molecular complexity index is 641. The zero-order valence-electron chi connectivity index (χ0n) is 10.8. The molecule has 1 amide bonds. The molecule has 0 aromatic heterocycles. The molecule has 20 heavy (non-hydrogen) atoms. The smallest absolute Gasteiger partial charge is 0.271 e. The van der Waals surface area contributed by atoms with Crippen molar-refractivity contribution < 1.29 is 9.53 Å². The average Bonchev–Trinajstić information content (AvgIpc) is 2.47. The molecule has 0 aliphatic rings. The molecule has 0 aliphatic carbocycles. The van der Waals surface area contributed by atoms with E-state index in [-0.39, 0.29) is 5.91 Å². The van der Waals surface area contributed by atoms with E-state index in [9.17, 15) is 4.79 Å². The first kappa shape index (κ1) is 14.3. The number of benzene rings is 2. The van der Waals surface area contributed by atoms with Gasteiger partial charge in [-0.25, -0.2) is 5.43 Å². The second kappa shape index (κ2) is 6.86. The van der Waals surface area contributed by atoms with Crippen molar-refractivity contribution >= 4 is 28.1 Å². The molecule has 5 heteroatoms. The van der Waals surface area contributed by atoms with Crippen LogP contribution in [0.15, 0.2) is 58.1 Å². The van der Waals surface area contributed by atoms with Crippen LogP contribution in [0.4, 0.5) is 0 Å². The van der Waals surface area contributed by atoms with E-state index in [0.29, 0.717) is 5.56 Å². The molecule has 0 bridgehead atoms. The third kappa shape index (κ3) is 3.93. The highest BCUT2D eigenvalue weighted by Crippen LogP contribution is 2.12. The minimum absolute atomic E-state index is 0.259. The summed E-state index contributed by atoms with van der Waals surface area (Å²) >= 11 is 3.32. The molecule has 0 unspecified atom stereocenters. The summed E-state index contributed by atoms with van der Waals surface area (Å²) in [5.74, 6) is 0.484. The number of methoxy groups -OCH3 is 1. The van der Waals surface area contributed by atoms with Gasteiger partial charge >= 0.3 is 0 Å². The lowest BCUT2D eigenvalue weighted by Crippen LogP contribution is -2.17. The van der Waals surface area contributed by atoms with E-state index in [2.05, 4.69) is 26.5 Å². The van der Waals surface area contributed by atoms with E-state index in [4.69, 9.17) is 4.74 Å². The maximum atomic E-state index is 11.8. The quantitative estimate of drug-likeness (QED) is 0.690. The lowest BCUT2D eigenvalue weighted by atomic mass is 10.2. The predicted molar refractivity (Wildman–Crippen MR) is 82.2 cm³/mol. The van der Waals surface area contributed by atoms with Gasteiger partial charge in [0.2, 0.25) is 0 Å². The number of amides is 1. The van der Waals surface area contributed by atoms with Crippen molar-refractivity contribution in [1.29, 1.82) is 0 Å². The van der Waals surface area contributed by atoms with Crippen LogP contribution in [0.3, 0.4) is 0 Å². The fourth-order valence-electron chi connectivity index (χ4n) is 1.58. The summed E-state index contributed by atoms with van der Waals surface area (Å²) in [7, 11) is 1.60. The molecule has 1 N–H and O–H groups in total. The fraction of sp³-hybridized carbons (Fsp3) is 0.0667. The molecule has 2 aromatic carbocycles. The van der Waals surface area contributed by atoms with E-state index in [1.165, 1.54) is 0 Å². The molecule has 0 radical (unpaired) electrons. The summed E-state index contributed by atoms with van der Waals surface area (Å²) in [6.45, 7) is 0. The van der Waals surface area contributed by atoms with Gasteiger partial charge in [0.25, 0.3) is 5.91 Å². The van der Waals surface area contributed by atoms with Crippen LogP contribution in [0.1, 0.15) is 15.9 Å². The second-order valence-corrected chi connectivity index (χ2v) is 4.90. The monoisotopic (exact) mass is 332 g/mol. The van der Waals surface area contributed by atoms with Crippen LogP contribution >= 0.6 is 15.9 Å². The van der Waals surface area contributed by atoms with Gasteiger partial charge in [0.05, 0.1) is 13.3 Å². The number of ether oxygens (including phenoxy) is 1. The second-order valence-electron chi connectivity index (χ2n) is 3.99. The number of carbonyl (C=O) groups excluding carboxylic acids is 1. The van der Waals surface area contributed by atoms with Crippen LogP contribution in [-0.4, -0.2) is 19.2 Å². The van der Waals surface area contributed by atoms with Crippen molar-refractivity contribution in [3.05, 3.63) is 64.1 Å². The summed E-state index contributed by atoms with van der Waals surface area (Å²) in [5.41, 5.74) is 3.87. The Labute approximate surface area is 125 Å². The maximum Gasteiger partial charge on any atom is 0.271 e. The van der Waals surface area contributed by atoms with Gasteiger partial charge in [-0.1, -0.05) is 34.1 Å². The zero-order chi connectivity index (χ0) is 14.4. The van der Waals surface area contributed by atoms with Crippen molar-refractivity contribution in [2.75, 3.05) is 7.11 Å². The first-order valence-electron chi connectivity index (χ1n) is 5.92. The minimum Gasteiger partial charge on any atom is -0.497 e. The zero-order valence-corrected chi connectivity index (χ0v) is 12.4. The molecule has 0 spiro atoms. The summed E-state index contributed by atoms with van der Waals surface area (Å²) in [5, 5.41) is 3.93. The Morgan fingerprint density at radius 2 is 2.05 bits per heavy atom. The molecular weight excluding hydrogens is 320 g/mol. The number of hydrazone groups is 1. The first-order chi connectivity index (χ1) is 9.69. The van der Waals surface area contributed by atoms with Crippen molar-refractivity contribution in [2.45, 2.75) is 0 Å².